The maximum atomic E-state index is 12.9. The van der Waals surface area contributed by atoms with E-state index < -0.39 is 35.8 Å². The van der Waals surface area contributed by atoms with Crippen molar-refractivity contribution in [2.75, 3.05) is 23.9 Å². The van der Waals surface area contributed by atoms with Gasteiger partial charge in [-0.2, -0.15) is 5.11 Å². The zero-order valence-corrected chi connectivity index (χ0v) is 16.9. The van der Waals surface area contributed by atoms with Crippen LogP contribution < -0.4 is 10.2 Å². The Morgan fingerprint density at radius 1 is 1.10 bits per heavy atom. The third-order valence-corrected chi connectivity index (χ3v) is 5.11. The highest BCUT2D eigenvalue weighted by molar-refractivity contribution is 6.31. The maximum Gasteiger partial charge on any atom is 0.339 e. The van der Waals surface area contributed by atoms with Gasteiger partial charge in [-0.1, -0.05) is 29.0 Å². The molecule has 11 heteroatoms. The number of amides is 3. The molecule has 2 aliphatic heterocycles. The van der Waals surface area contributed by atoms with Crippen molar-refractivity contribution in [2.45, 2.75) is 12.1 Å². The van der Waals surface area contributed by atoms with Gasteiger partial charge in [-0.3, -0.25) is 19.4 Å². The number of rotatable bonds is 5. The van der Waals surface area contributed by atoms with Crippen LogP contribution in [0.2, 0.25) is 5.02 Å². The third kappa shape index (κ3) is 3.73. The largest absolute Gasteiger partial charge is 0.465 e. The van der Waals surface area contributed by atoms with Gasteiger partial charge >= 0.3 is 5.97 Å². The predicted molar refractivity (Wildman–Crippen MR) is 109 cm³/mol. The summed E-state index contributed by atoms with van der Waals surface area (Å²) in [6, 6.07) is 10.5. The lowest BCUT2D eigenvalue weighted by Gasteiger charge is -2.20. The highest BCUT2D eigenvalue weighted by Gasteiger charge is 2.55. The van der Waals surface area contributed by atoms with E-state index in [0.29, 0.717) is 10.7 Å². The Balaban J connectivity index is 1.49. The monoisotopic (exact) mass is 441 g/mol. The lowest BCUT2D eigenvalue weighted by atomic mass is 10.1. The summed E-state index contributed by atoms with van der Waals surface area (Å²) in [6.07, 6.45) is 0. The second kappa shape index (κ2) is 8.15. The molecule has 2 aromatic rings. The first-order valence-corrected chi connectivity index (χ1v) is 9.56. The standard InChI is InChI=1S/C20H16ClN5O5/c1-31-20(30)13-4-2-3-5-14(13)22-15(27)10-25-17-16(23-24-25)18(28)26(19(17)29)12-8-6-11(21)7-9-12/h2-9,16-17H,10H2,1H3,(H,22,27)/t16-,17-/m1/s1. The number of nitrogens with zero attached hydrogens (tertiary/aromatic N) is 4. The number of carbonyl (C=O) groups is 4. The average molecular weight is 442 g/mol. The Morgan fingerprint density at radius 2 is 1.81 bits per heavy atom. The molecule has 0 unspecified atom stereocenters. The first kappa shape index (κ1) is 20.5. The van der Waals surface area contributed by atoms with E-state index in [2.05, 4.69) is 15.7 Å². The molecular weight excluding hydrogens is 426 g/mol. The molecule has 0 spiro atoms. The number of imide groups is 1. The van der Waals surface area contributed by atoms with E-state index in [1.807, 2.05) is 0 Å². The van der Waals surface area contributed by atoms with Crippen molar-refractivity contribution in [3.8, 4) is 0 Å². The van der Waals surface area contributed by atoms with Crippen molar-refractivity contribution in [3.05, 3.63) is 59.1 Å². The fourth-order valence-electron chi connectivity index (χ4n) is 3.42. The molecule has 3 amide bonds. The van der Waals surface area contributed by atoms with Crippen molar-refractivity contribution in [3.63, 3.8) is 0 Å². The lowest BCUT2D eigenvalue weighted by molar-refractivity contribution is -0.123. The molecule has 0 aromatic heterocycles. The fourth-order valence-corrected chi connectivity index (χ4v) is 3.54. The molecule has 4 rings (SSSR count). The Morgan fingerprint density at radius 3 is 2.52 bits per heavy atom. The number of hydrogen-bond donors (Lipinski definition) is 1. The number of nitrogens with one attached hydrogen (secondary N) is 1. The van der Waals surface area contributed by atoms with Gasteiger partial charge in [-0.05, 0) is 36.4 Å². The molecule has 2 heterocycles. The van der Waals surface area contributed by atoms with E-state index >= 15 is 0 Å². The maximum absolute atomic E-state index is 12.9. The van der Waals surface area contributed by atoms with Crippen LogP contribution in [0.25, 0.3) is 0 Å². The summed E-state index contributed by atoms with van der Waals surface area (Å²) >= 11 is 5.87. The summed E-state index contributed by atoms with van der Waals surface area (Å²) in [5.41, 5.74) is 0.796. The number of esters is 1. The van der Waals surface area contributed by atoms with Crippen LogP contribution in [0.5, 0.6) is 0 Å². The van der Waals surface area contributed by atoms with Crippen molar-refractivity contribution < 1.29 is 23.9 Å². The normalized spacial score (nSPS) is 19.5. The molecule has 2 aliphatic rings. The van der Waals surface area contributed by atoms with Crippen LogP contribution in [0, 0.1) is 0 Å². The van der Waals surface area contributed by atoms with Crippen molar-refractivity contribution in [1.29, 1.82) is 0 Å². The van der Waals surface area contributed by atoms with Crippen LogP contribution in [0.15, 0.2) is 58.9 Å². The highest BCUT2D eigenvalue weighted by Crippen LogP contribution is 2.32. The second-order valence-electron chi connectivity index (χ2n) is 6.77. The zero-order valence-electron chi connectivity index (χ0n) is 16.2. The van der Waals surface area contributed by atoms with Crippen LogP contribution in [-0.2, 0) is 19.1 Å². The summed E-state index contributed by atoms with van der Waals surface area (Å²) in [5, 5.41) is 11.9. The summed E-state index contributed by atoms with van der Waals surface area (Å²) in [7, 11) is 1.24. The molecule has 2 atom stereocenters. The number of carbonyl (C=O) groups excluding carboxylic acids is 4. The molecule has 2 aromatic carbocycles. The zero-order chi connectivity index (χ0) is 22.1. The van der Waals surface area contributed by atoms with Gasteiger partial charge in [-0.15, -0.1) is 0 Å². The summed E-state index contributed by atoms with van der Waals surface area (Å²) < 4.78 is 4.71. The van der Waals surface area contributed by atoms with Crippen LogP contribution in [0.4, 0.5) is 11.4 Å². The molecule has 1 fully saturated rings. The summed E-state index contributed by atoms with van der Waals surface area (Å²) in [4.78, 5) is 51.1. The second-order valence-corrected chi connectivity index (χ2v) is 7.20. The Kier molecular flexibility index (Phi) is 5.38. The van der Waals surface area contributed by atoms with Crippen LogP contribution in [0.1, 0.15) is 10.4 Å². The van der Waals surface area contributed by atoms with Gasteiger partial charge in [-0.25, -0.2) is 9.69 Å². The molecular formula is C20H16ClN5O5. The quantitative estimate of drug-likeness (QED) is 0.560. The van der Waals surface area contributed by atoms with E-state index in [1.54, 1.807) is 42.5 Å². The molecule has 0 aliphatic carbocycles. The fraction of sp³-hybridized carbons (Fsp3) is 0.200. The minimum Gasteiger partial charge on any atom is -0.465 e. The number of para-hydroxylation sites is 1. The first-order chi connectivity index (χ1) is 14.9. The van der Waals surface area contributed by atoms with E-state index in [1.165, 1.54) is 13.2 Å². The van der Waals surface area contributed by atoms with E-state index in [0.717, 1.165) is 9.91 Å². The van der Waals surface area contributed by atoms with Gasteiger partial charge in [0, 0.05) is 5.02 Å². The van der Waals surface area contributed by atoms with E-state index in [9.17, 15) is 19.2 Å². The number of anilines is 2. The van der Waals surface area contributed by atoms with Crippen molar-refractivity contribution in [1.82, 2.24) is 5.01 Å². The van der Waals surface area contributed by atoms with Crippen LogP contribution in [0.3, 0.4) is 0 Å². The van der Waals surface area contributed by atoms with Crippen molar-refractivity contribution >= 4 is 46.7 Å². The Labute approximate surface area is 181 Å². The molecule has 0 radical (unpaired) electrons. The first-order valence-electron chi connectivity index (χ1n) is 9.18. The number of benzene rings is 2. The van der Waals surface area contributed by atoms with Crippen LogP contribution >= 0.6 is 11.6 Å². The minimum atomic E-state index is -1.03. The third-order valence-electron chi connectivity index (χ3n) is 4.85. The van der Waals surface area contributed by atoms with Gasteiger partial charge in [0.05, 0.1) is 24.0 Å². The van der Waals surface area contributed by atoms with Gasteiger partial charge in [0.15, 0.2) is 12.1 Å². The minimum absolute atomic E-state index is 0.181. The van der Waals surface area contributed by atoms with Crippen LogP contribution in [-0.4, -0.2) is 54.4 Å². The molecule has 31 heavy (non-hydrogen) atoms. The topological polar surface area (TPSA) is 121 Å². The number of fused-ring (bicyclic) bond motifs is 1. The summed E-state index contributed by atoms with van der Waals surface area (Å²) in [6.45, 7) is -0.340. The molecule has 0 saturated carbocycles. The number of ether oxygens (including phenoxy) is 1. The molecule has 1 saturated heterocycles. The number of hydrogen-bond acceptors (Lipinski definition) is 8. The Hall–Kier alpha value is -3.79. The molecule has 158 valence electrons. The molecule has 1 N–H and O–H groups in total. The smallest absolute Gasteiger partial charge is 0.339 e. The molecule has 0 bridgehead atoms. The van der Waals surface area contributed by atoms with Crippen molar-refractivity contribution in [2.24, 2.45) is 10.3 Å². The van der Waals surface area contributed by atoms with E-state index in [-0.39, 0.29) is 17.8 Å². The number of halogens is 1. The predicted octanol–water partition coefficient (Wildman–Crippen LogP) is 2.06. The molecule has 10 nitrogen and oxygen atoms in total. The van der Waals surface area contributed by atoms with Gasteiger partial charge in [0.1, 0.15) is 6.54 Å². The SMILES string of the molecule is COC(=O)c1ccccc1NC(=O)CN1N=N[C@H]2C(=O)N(c3ccc(Cl)cc3)C(=O)[C@@H]21. The number of methoxy groups -OCH3 is 1. The Bertz CT molecular complexity index is 1100. The van der Waals surface area contributed by atoms with Gasteiger partial charge < -0.3 is 10.1 Å². The summed E-state index contributed by atoms with van der Waals surface area (Å²) in [5.74, 6) is -2.21. The average Bonchev–Trinajstić information content (AvgIpc) is 3.28. The van der Waals surface area contributed by atoms with Gasteiger partial charge in [0.25, 0.3) is 11.8 Å². The highest BCUT2D eigenvalue weighted by atomic mass is 35.5. The van der Waals surface area contributed by atoms with Gasteiger partial charge in [0.2, 0.25) is 5.91 Å². The van der Waals surface area contributed by atoms with E-state index in [4.69, 9.17) is 16.3 Å². The lowest BCUT2D eigenvalue weighted by Crippen LogP contribution is -2.43.